The summed E-state index contributed by atoms with van der Waals surface area (Å²) in [7, 11) is 0. The summed E-state index contributed by atoms with van der Waals surface area (Å²) in [5.41, 5.74) is 4.87. The first-order valence-corrected chi connectivity index (χ1v) is 34.5. The van der Waals surface area contributed by atoms with E-state index >= 15 is 0 Å². The maximum absolute atomic E-state index is 13.2. The molecule has 538 valence electrons. The Hall–Kier alpha value is -11.9. The van der Waals surface area contributed by atoms with Crippen molar-refractivity contribution in [2.75, 3.05) is 0 Å². The van der Waals surface area contributed by atoms with Crippen LogP contribution in [0.4, 0.5) is 0 Å². The zero-order valence-electron chi connectivity index (χ0n) is 57.0. The summed E-state index contributed by atoms with van der Waals surface area (Å²) in [6.45, 7) is 5.13. The van der Waals surface area contributed by atoms with Gasteiger partial charge in [0.1, 0.15) is 109 Å². The normalized spacial score (nSPS) is 23.1. The molecule has 10 unspecified atom stereocenters. The van der Waals surface area contributed by atoms with Crippen molar-refractivity contribution in [3.05, 3.63) is 258 Å². The van der Waals surface area contributed by atoms with Crippen LogP contribution in [-0.4, -0.2) is 108 Å². The quantitative estimate of drug-likeness (QED) is 0.0731. The monoisotopic (exact) mass is 1410 g/mol. The molecule has 0 aromatic heterocycles. The van der Waals surface area contributed by atoms with Crippen molar-refractivity contribution in [3.63, 3.8) is 0 Å². The van der Waals surface area contributed by atoms with E-state index < -0.39 is 76.6 Å². The zero-order chi connectivity index (χ0) is 74.2. The minimum atomic E-state index is -1.71. The van der Waals surface area contributed by atoms with Gasteiger partial charge in [-0.25, -0.2) is 0 Å². The van der Waals surface area contributed by atoms with Crippen LogP contribution in [0.2, 0.25) is 0 Å². The average Bonchev–Trinajstić information content (AvgIpc) is 0.782. The van der Waals surface area contributed by atoms with E-state index in [2.05, 4.69) is 0 Å². The molecule has 18 bridgehead atoms. The topological polar surface area (TPSA) is 405 Å². The van der Waals surface area contributed by atoms with E-state index in [1.54, 1.807) is 87.5 Å². The summed E-state index contributed by atoms with van der Waals surface area (Å²) in [6, 6.07) is 24.6. The van der Waals surface area contributed by atoms with E-state index in [-0.39, 0.29) is 205 Å². The Morgan fingerprint density at radius 1 is 0.240 bits per heavy atom. The van der Waals surface area contributed by atoms with Crippen LogP contribution in [0, 0.1) is 17.8 Å². The Bertz CT molecular complexity index is 5040. The Morgan fingerprint density at radius 2 is 0.481 bits per heavy atom. The van der Waals surface area contributed by atoms with Crippen LogP contribution in [0.5, 0.6) is 103 Å². The lowest BCUT2D eigenvalue weighted by Gasteiger charge is -2.32. The van der Waals surface area contributed by atoms with Crippen LogP contribution >= 0.6 is 0 Å². The number of aromatic hydroxyl groups is 18. The molecule has 9 aromatic carbocycles. The molecule has 9 aromatic rings. The molecule has 104 heavy (non-hydrogen) atoms. The number of fused-ring (bicyclic) bond motifs is 18. The maximum Gasteiger partial charge on any atom is 0.123 e. The molecule has 20 N–H and O–H groups in total. The van der Waals surface area contributed by atoms with Gasteiger partial charge in [0.05, 0.1) is 6.10 Å². The number of hydrogen-bond donors (Lipinski definition) is 20. The van der Waals surface area contributed by atoms with Gasteiger partial charge in [-0.3, -0.25) is 0 Å². The number of rotatable bonds is 3. The number of aliphatic hydroxyl groups is 2. The van der Waals surface area contributed by atoms with Crippen molar-refractivity contribution in [2.24, 2.45) is 17.8 Å². The molecule has 0 saturated carbocycles. The summed E-state index contributed by atoms with van der Waals surface area (Å²) in [4.78, 5) is 0. The lowest BCUT2D eigenvalue weighted by molar-refractivity contribution is 0.153. The van der Waals surface area contributed by atoms with Crippen molar-refractivity contribution >= 4 is 0 Å². The number of aliphatic hydroxyl groups excluding tert-OH is 2. The molecule has 20 heteroatoms. The predicted octanol–water partition coefficient (Wildman–Crippen LogP) is 14.4. The van der Waals surface area contributed by atoms with Gasteiger partial charge in [-0.1, -0.05) is 51.2 Å². The van der Waals surface area contributed by atoms with Gasteiger partial charge >= 0.3 is 0 Å². The number of phenols is 18. The van der Waals surface area contributed by atoms with Gasteiger partial charge in [0.15, 0.2) is 0 Å². The minimum Gasteiger partial charge on any atom is -0.508 e. The molecule has 0 heterocycles. The summed E-state index contributed by atoms with van der Waals surface area (Å²) < 4.78 is 0. The van der Waals surface area contributed by atoms with E-state index in [4.69, 9.17) is 0 Å². The zero-order valence-corrected chi connectivity index (χ0v) is 57.0. The highest BCUT2D eigenvalue weighted by Crippen LogP contribution is 2.52. The highest BCUT2D eigenvalue weighted by Gasteiger charge is 2.36. The summed E-state index contributed by atoms with van der Waals surface area (Å²) in [5, 5.41) is 235. The molecule has 13 rings (SSSR count). The Balaban J connectivity index is 1.05. The van der Waals surface area contributed by atoms with Crippen molar-refractivity contribution in [1.82, 2.24) is 0 Å². The fraction of sp³-hybridized carbons (Fsp3) is 0.262. The first-order chi connectivity index (χ1) is 49.5. The fourth-order valence-electron chi connectivity index (χ4n) is 16.1. The van der Waals surface area contributed by atoms with Crippen LogP contribution in [0.15, 0.2) is 157 Å². The SMILES string of the molecule is CC1c2cc(c(O)cc2O)Cc2cc(c(O)cc2O)CCC(C2C=CC(C3CCc4cc(c(O)cc4O)Cc4cc(c(O)cc4O)C(C)c4cc3c(O)cc4O)/C=C\C(C3CCc4cc(c(O)cc4O)Cc4cc(c(O)cc4O)C(C)c4cc3c(O)cc4O)C(O)/C=C(O)\C=C/2)c2cc1c(O)cc2O. The first-order valence-electron chi connectivity index (χ1n) is 34.5. The van der Waals surface area contributed by atoms with E-state index in [9.17, 15) is 102 Å². The Kier molecular flexibility index (Phi) is 18.9. The van der Waals surface area contributed by atoms with Gasteiger partial charge < -0.3 is 102 Å². The van der Waals surface area contributed by atoms with E-state index in [1.165, 1.54) is 48.6 Å². The second kappa shape index (κ2) is 27.8. The summed E-state index contributed by atoms with van der Waals surface area (Å²) in [6.07, 6.45) is 9.50. The predicted molar refractivity (Wildman–Crippen MR) is 387 cm³/mol. The standard InChI is InChI=1S/C84H82O20/c1-38-57-22-49(72(92)32-76(57)96)19-46-16-43(66(86)29-69(46)89)8-12-53(63-26-60(38)79(99)35-82(63)102)41-4-5-42(54-13-9-44-17-47(70(90)30-67(44)87)20-50-23-58(77(97)33-73(50)93)39(2)61-27-64(54)83(103)36-80(61)100)7-15-56(75(95)25-52(85)11-6-41)55-14-10-45-18-48(71(91)31-68(45)88)21-51-24-59(78(98)34-74(51)94)40(3)62-28-65(55)84(104)37-81(62)101/h4-7,11,15-18,22-42,53-56,75,85-104H,8-10,12-14,19-21H2,1-3H3/b5-4?,11-6-,15-7-,52-25+. The largest absolute Gasteiger partial charge is 0.508 e. The third kappa shape index (κ3) is 13.5. The van der Waals surface area contributed by atoms with Gasteiger partial charge in [-0.05, 0) is 190 Å². The van der Waals surface area contributed by atoms with Crippen molar-refractivity contribution in [3.8, 4) is 103 Å². The number of aryl methyl sites for hydroxylation is 3. The molecule has 0 spiro atoms. The van der Waals surface area contributed by atoms with Crippen LogP contribution < -0.4 is 0 Å². The van der Waals surface area contributed by atoms with E-state index in [0.29, 0.717) is 44.5 Å². The Labute approximate surface area is 598 Å². The molecule has 0 aliphatic heterocycles. The maximum atomic E-state index is 13.2. The fourth-order valence-corrected chi connectivity index (χ4v) is 16.1. The molecule has 0 fully saturated rings. The first kappa shape index (κ1) is 70.5. The molecular weight excluding hydrogens is 1330 g/mol. The van der Waals surface area contributed by atoms with Crippen LogP contribution in [0.1, 0.15) is 176 Å². The summed E-state index contributed by atoms with van der Waals surface area (Å²) in [5.74, 6) is -14.9. The lowest BCUT2D eigenvalue weighted by atomic mass is 9.74. The minimum absolute atomic E-state index is 0.00697. The molecule has 10 atom stereocenters. The number of allylic oxidation sites excluding steroid dienone is 5. The number of phenolic OH excluding ortho intramolecular Hbond substituents is 18. The molecule has 0 saturated heterocycles. The van der Waals surface area contributed by atoms with Gasteiger partial charge in [0.2, 0.25) is 0 Å². The van der Waals surface area contributed by atoms with Crippen molar-refractivity contribution < 1.29 is 102 Å². The van der Waals surface area contributed by atoms with E-state index in [0.717, 1.165) is 24.3 Å². The highest BCUT2D eigenvalue weighted by molar-refractivity contribution is 5.62. The van der Waals surface area contributed by atoms with Gasteiger partial charge in [-0.15, -0.1) is 0 Å². The second-order valence-electron chi connectivity index (χ2n) is 28.4. The molecule has 0 radical (unpaired) electrons. The van der Waals surface area contributed by atoms with Crippen molar-refractivity contribution in [2.45, 2.75) is 120 Å². The molecule has 4 aliphatic rings. The number of hydrogen-bond acceptors (Lipinski definition) is 20. The highest BCUT2D eigenvalue weighted by atomic mass is 16.3. The van der Waals surface area contributed by atoms with Crippen LogP contribution in [0.3, 0.4) is 0 Å². The van der Waals surface area contributed by atoms with Crippen molar-refractivity contribution in [1.29, 1.82) is 0 Å². The van der Waals surface area contributed by atoms with Crippen LogP contribution in [0.25, 0.3) is 0 Å². The lowest BCUT2D eigenvalue weighted by Crippen LogP contribution is -2.26. The smallest absolute Gasteiger partial charge is 0.123 e. The third-order valence-electron chi connectivity index (χ3n) is 22.1. The molecule has 20 nitrogen and oxygen atoms in total. The van der Waals surface area contributed by atoms with Gasteiger partial charge in [0.25, 0.3) is 0 Å². The number of benzene rings is 9. The molecular formula is C84H82O20. The van der Waals surface area contributed by atoms with E-state index in [1.807, 2.05) is 12.2 Å². The molecule has 0 amide bonds. The molecule has 4 aliphatic carbocycles. The average molecular weight is 1410 g/mol. The third-order valence-corrected chi connectivity index (χ3v) is 22.1. The van der Waals surface area contributed by atoms with Gasteiger partial charge in [-0.2, -0.15) is 0 Å². The van der Waals surface area contributed by atoms with Crippen LogP contribution in [-0.2, 0) is 38.5 Å². The Morgan fingerprint density at radius 3 is 0.817 bits per heavy atom. The van der Waals surface area contributed by atoms with Gasteiger partial charge in [0, 0.05) is 143 Å². The second-order valence-corrected chi connectivity index (χ2v) is 28.4. The summed E-state index contributed by atoms with van der Waals surface area (Å²) >= 11 is 0.